The summed E-state index contributed by atoms with van der Waals surface area (Å²) in [4.78, 5) is 14.6. The van der Waals surface area contributed by atoms with Crippen LogP contribution in [0.15, 0.2) is 72.0 Å². The zero-order valence-corrected chi connectivity index (χ0v) is 18.8. The fraction of sp³-hybridized carbons (Fsp3) is 0.136. The minimum Gasteiger partial charge on any atom is -0.343 e. The lowest BCUT2D eigenvalue weighted by atomic mass is 9.85. The van der Waals surface area contributed by atoms with E-state index in [0.29, 0.717) is 23.1 Å². The summed E-state index contributed by atoms with van der Waals surface area (Å²) in [6, 6.07) is 8.12. The number of aromatic amines is 1. The highest BCUT2D eigenvalue weighted by atomic mass is 32.2. The normalized spacial score (nSPS) is 22.5. The second kappa shape index (κ2) is 7.86. The predicted octanol–water partition coefficient (Wildman–Crippen LogP) is 3.22. The third kappa shape index (κ3) is 3.08. The number of alkyl halides is 1. The van der Waals surface area contributed by atoms with Crippen LogP contribution in [0.1, 0.15) is 5.56 Å². The monoisotopic (exact) mass is 502 g/mol. The number of halogens is 3. The summed E-state index contributed by atoms with van der Waals surface area (Å²) >= 11 is 0. The molecule has 13 heteroatoms. The predicted molar refractivity (Wildman–Crippen MR) is 121 cm³/mol. The van der Waals surface area contributed by atoms with Crippen LogP contribution in [0.4, 0.5) is 13.2 Å². The number of benzene rings is 1. The van der Waals surface area contributed by atoms with E-state index in [9.17, 15) is 8.42 Å². The SMILES string of the molecule is COC1(F)N=CC=C(F)C1(c1ccccc1-c1ccc2c(-c3ncc[nH]3)ncn2c1F)S(N)(=O)=O. The van der Waals surface area contributed by atoms with Gasteiger partial charge in [-0.15, -0.1) is 0 Å². The van der Waals surface area contributed by atoms with E-state index in [1.54, 1.807) is 6.20 Å². The van der Waals surface area contributed by atoms with Crippen molar-refractivity contribution in [3.63, 3.8) is 0 Å². The first kappa shape index (κ1) is 23.0. The van der Waals surface area contributed by atoms with Gasteiger partial charge in [0.25, 0.3) is 0 Å². The number of methoxy groups -OCH3 is 1. The molecule has 1 aromatic carbocycles. The summed E-state index contributed by atoms with van der Waals surface area (Å²) in [6.45, 7) is 0. The summed E-state index contributed by atoms with van der Waals surface area (Å²) in [5.41, 5.74) is -0.0892. The Morgan fingerprint density at radius 1 is 1.11 bits per heavy atom. The first-order valence-corrected chi connectivity index (χ1v) is 11.6. The van der Waals surface area contributed by atoms with Gasteiger partial charge in [-0.05, 0) is 29.3 Å². The van der Waals surface area contributed by atoms with Crippen LogP contribution in [-0.2, 0) is 19.5 Å². The third-order valence-corrected chi connectivity index (χ3v) is 7.41. The number of imidazole rings is 2. The molecule has 0 saturated heterocycles. The fourth-order valence-corrected chi connectivity index (χ4v) is 5.66. The Morgan fingerprint density at radius 2 is 1.89 bits per heavy atom. The van der Waals surface area contributed by atoms with Gasteiger partial charge in [0.15, 0.2) is 5.82 Å². The highest BCUT2D eigenvalue weighted by molar-refractivity contribution is 7.90. The summed E-state index contributed by atoms with van der Waals surface area (Å²) in [5, 5.41) is 5.43. The Labute approximate surface area is 196 Å². The zero-order chi connectivity index (χ0) is 25.0. The van der Waals surface area contributed by atoms with Crippen LogP contribution in [0, 0.1) is 5.95 Å². The van der Waals surface area contributed by atoms with Gasteiger partial charge in [-0.3, -0.25) is 4.40 Å². The van der Waals surface area contributed by atoms with Crippen molar-refractivity contribution in [2.24, 2.45) is 10.1 Å². The molecular formula is C22H17F3N6O3S. The smallest absolute Gasteiger partial charge is 0.338 e. The number of nitrogens with one attached hydrogen (secondary N) is 1. The molecule has 0 radical (unpaired) electrons. The number of H-pyrrole nitrogens is 1. The van der Waals surface area contributed by atoms with Crippen molar-refractivity contribution in [1.82, 2.24) is 19.4 Å². The number of primary sulfonamides is 1. The number of ether oxygens (including phenoxy) is 1. The second-order valence-electron chi connectivity index (χ2n) is 7.65. The number of pyridine rings is 1. The molecule has 0 fully saturated rings. The van der Waals surface area contributed by atoms with Crippen molar-refractivity contribution in [2.75, 3.05) is 7.11 Å². The van der Waals surface area contributed by atoms with Crippen LogP contribution in [0.2, 0.25) is 0 Å². The van der Waals surface area contributed by atoms with Crippen molar-refractivity contribution in [3.8, 4) is 22.6 Å². The first-order valence-electron chi connectivity index (χ1n) is 10.1. The number of allylic oxidation sites excluding steroid dienone is 1. The molecule has 3 N–H and O–H groups in total. The molecule has 2 unspecified atom stereocenters. The maximum Gasteiger partial charge on any atom is 0.338 e. The molecule has 35 heavy (non-hydrogen) atoms. The van der Waals surface area contributed by atoms with Crippen LogP contribution in [0.25, 0.3) is 28.2 Å². The number of nitrogens with two attached hydrogens (primary N) is 1. The van der Waals surface area contributed by atoms with E-state index in [1.165, 1.54) is 42.9 Å². The van der Waals surface area contributed by atoms with E-state index >= 15 is 13.2 Å². The Bertz CT molecular complexity index is 1620. The quantitative estimate of drug-likeness (QED) is 0.320. The van der Waals surface area contributed by atoms with E-state index < -0.39 is 38.1 Å². The maximum absolute atomic E-state index is 16.0. The Morgan fingerprint density at radius 3 is 2.57 bits per heavy atom. The first-order chi connectivity index (χ1) is 16.7. The number of hydrogen-bond acceptors (Lipinski definition) is 6. The molecule has 1 aliphatic rings. The average Bonchev–Trinajstić information content (AvgIpc) is 3.49. The molecule has 180 valence electrons. The molecule has 2 atom stereocenters. The Kier molecular flexibility index (Phi) is 5.16. The van der Waals surface area contributed by atoms with Crippen molar-refractivity contribution in [1.29, 1.82) is 0 Å². The molecule has 5 rings (SSSR count). The van der Waals surface area contributed by atoms with Crippen molar-refractivity contribution >= 4 is 21.8 Å². The number of sulfonamides is 1. The lowest BCUT2D eigenvalue weighted by Crippen LogP contribution is -2.58. The van der Waals surface area contributed by atoms with Gasteiger partial charge < -0.3 is 9.72 Å². The zero-order valence-electron chi connectivity index (χ0n) is 18.0. The van der Waals surface area contributed by atoms with Crippen LogP contribution in [-0.4, -0.2) is 47.1 Å². The number of dihydropyridines is 1. The molecule has 0 amide bonds. The lowest BCUT2D eigenvalue weighted by molar-refractivity contribution is -0.142. The molecule has 0 aliphatic carbocycles. The molecule has 3 aromatic heterocycles. The summed E-state index contributed by atoms with van der Waals surface area (Å²) < 4.78 is 75.6. The van der Waals surface area contributed by atoms with Gasteiger partial charge >= 0.3 is 5.98 Å². The van der Waals surface area contributed by atoms with Crippen molar-refractivity contribution in [3.05, 3.63) is 78.5 Å². The molecule has 0 spiro atoms. The Balaban J connectivity index is 1.81. The minimum absolute atomic E-state index is 0.145. The number of aliphatic imine (C=N–C) groups is 1. The number of nitrogens with zero attached hydrogens (tertiary/aromatic N) is 4. The van der Waals surface area contributed by atoms with Gasteiger partial charge in [0.05, 0.1) is 5.52 Å². The summed E-state index contributed by atoms with van der Waals surface area (Å²) in [7, 11) is -4.31. The van der Waals surface area contributed by atoms with E-state index in [-0.39, 0.29) is 11.1 Å². The van der Waals surface area contributed by atoms with E-state index in [1.807, 2.05) is 0 Å². The van der Waals surface area contributed by atoms with Crippen LogP contribution < -0.4 is 5.14 Å². The van der Waals surface area contributed by atoms with E-state index in [4.69, 9.17) is 9.88 Å². The lowest BCUT2D eigenvalue weighted by Gasteiger charge is -2.40. The summed E-state index contributed by atoms with van der Waals surface area (Å²) in [5.74, 6) is -5.41. The standard InChI is InChI=1S/C22H17F3N6O3S/c1-34-22(25)21(35(26,32)33,17(23)8-9-30-22)15-5-3-2-4-13(15)14-6-7-16-18(20-27-10-11-28-20)29-12-31(16)19(14)24/h2-12H,1H3,(H,27,28)(H2,26,32,33). The minimum atomic E-state index is -5.13. The molecule has 0 saturated carbocycles. The van der Waals surface area contributed by atoms with Gasteiger partial charge in [0, 0.05) is 31.3 Å². The highest BCUT2D eigenvalue weighted by Crippen LogP contribution is 2.53. The van der Waals surface area contributed by atoms with Gasteiger partial charge in [0.2, 0.25) is 20.7 Å². The second-order valence-corrected chi connectivity index (χ2v) is 9.36. The molecule has 9 nitrogen and oxygen atoms in total. The van der Waals surface area contributed by atoms with Gasteiger partial charge in [-0.25, -0.2) is 32.9 Å². The van der Waals surface area contributed by atoms with Crippen LogP contribution >= 0.6 is 0 Å². The molecular weight excluding hydrogens is 485 g/mol. The van der Waals surface area contributed by atoms with Gasteiger partial charge in [-0.2, -0.15) is 8.78 Å². The largest absolute Gasteiger partial charge is 0.343 e. The maximum atomic E-state index is 16.0. The molecule has 4 heterocycles. The summed E-state index contributed by atoms with van der Waals surface area (Å²) in [6.07, 6.45) is 5.72. The number of fused-ring (bicyclic) bond motifs is 1. The molecule has 4 aromatic rings. The van der Waals surface area contributed by atoms with Crippen LogP contribution in [0.5, 0.6) is 0 Å². The van der Waals surface area contributed by atoms with E-state index in [2.05, 4.69) is 19.9 Å². The molecule has 1 aliphatic heterocycles. The molecule has 0 bridgehead atoms. The van der Waals surface area contributed by atoms with Gasteiger partial charge in [-0.1, -0.05) is 24.3 Å². The number of hydrogen-bond donors (Lipinski definition) is 2. The van der Waals surface area contributed by atoms with Crippen molar-refractivity contribution in [2.45, 2.75) is 10.7 Å². The van der Waals surface area contributed by atoms with E-state index in [0.717, 1.165) is 23.8 Å². The number of rotatable bonds is 5. The fourth-order valence-electron chi connectivity index (χ4n) is 4.35. The van der Waals surface area contributed by atoms with Gasteiger partial charge in [0.1, 0.15) is 17.8 Å². The number of aromatic nitrogens is 4. The average molecular weight is 502 g/mol. The van der Waals surface area contributed by atoms with Crippen molar-refractivity contribution < 1.29 is 26.3 Å². The topological polar surface area (TPSA) is 128 Å². The Hall–Kier alpha value is -3.81. The highest BCUT2D eigenvalue weighted by Gasteiger charge is 2.68. The third-order valence-electron chi connectivity index (χ3n) is 5.89. The van der Waals surface area contributed by atoms with Crippen LogP contribution in [0.3, 0.4) is 0 Å².